The molecule has 3 heterocycles. The Morgan fingerprint density at radius 1 is 1.03 bits per heavy atom. The van der Waals surface area contributed by atoms with Gasteiger partial charge in [0.2, 0.25) is 5.91 Å². The van der Waals surface area contributed by atoms with Gasteiger partial charge in [0.05, 0.1) is 18.5 Å². The molecule has 1 atom stereocenters. The Morgan fingerprint density at radius 3 is 2.44 bits per heavy atom. The molecule has 0 bridgehead atoms. The zero-order chi connectivity index (χ0) is 22.3. The van der Waals surface area contributed by atoms with E-state index in [0.29, 0.717) is 12.2 Å². The normalized spacial score (nSPS) is 29.1. The Kier molecular flexibility index (Phi) is 5.64. The molecule has 2 aromatic heterocycles. The van der Waals surface area contributed by atoms with Crippen molar-refractivity contribution in [1.82, 2.24) is 14.8 Å². The molecule has 2 amide bonds. The molecule has 1 N–H and O–H groups in total. The number of furan rings is 1. The summed E-state index contributed by atoms with van der Waals surface area (Å²) in [5, 5.41) is 3.35. The van der Waals surface area contributed by atoms with Crippen LogP contribution in [-0.4, -0.2) is 38.9 Å². The lowest BCUT2D eigenvalue weighted by Crippen LogP contribution is -2.67. The molecule has 3 aliphatic rings. The van der Waals surface area contributed by atoms with E-state index in [2.05, 4.69) is 12.2 Å². The molecule has 0 unspecified atom stereocenters. The summed E-state index contributed by atoms with van der Waals surface area (Å²) in [6, 6.07) is 7.90. The first-order chi connectivity index (χ1) is 15.5. The predicted octanol–water partition coefficient (Wildman–Crippen LogP) is 4.99. The molecule has 5 rings (SSSR count). The molecule has 0 aromatic carbocycles. The number of hydrogen-bond donors (Lipinski definition) is 1. The standard InChI is InChI=1S/C26H35N3O3/c1-18-10-12-19(13-11-18)27-25(31)26(2)17-28-21(23-9-6-16-32-23)14-15-22(28)24(30)29(26)20-7-4-3-5-8-20/h6,9,14-16,18-20H,3-5,7-8,10-13,17H2,1-2H3,(H,27,31)/t18?,19?,26-/m0/s1. The van der Waals surface area contributed by atoms with Gasteiger partial charge in [0.1, 0.15) is 17.0 Å². The minimum absolute atomic E-state index is 0.0132. The molecule has 2 aromatic rings. The SMILES string of the molecule is CC1CCC(NC(=O)[C@]2(C)Cn3c(ccc3-c3ccco3)C(=O)N2C2CCCCC2)CC1. The van der Waals surface area contributed by atoms with Gasteiger partial charge in [0.15, 0.2) is 0 Å². The number of amides is 2. The highest BCUT2D eigenvalue weighted by Crippen LogP contribution is 2.38. The number of nitrogens with zero attached hydrogens (tertiary/aromatic N) is 2. The van der Waals surface area contributed by atoms with Gasteiger partial charge in [0, 0.05) is 12.1 Å². The minimum Gasteiger partial charge on any atom is -0.463 e. The highest BCUT2D eigenvalue weighted by molar-refractivity contribution is 6.00. The molecule has 1 aliphatic heterocycles. The van der Waals surface area contributed by atoms with E-state index >= 15 is 0 Å². The maximum Gasteiger partial charge on any atom is 0.271 e. The quantitative estimate of drug-likeness (QED) is 0.733. The van der Waals surface area contributed by atoms with Gasteiger partial charge < -0.3 is 19.2 Å². The van der Waals surface area contributed by atoms with Gasteiger partial charge in [-0.25, -0.2) is 0 Å². The zero-order valence-electron chi connectivity index (χ0n) is 19.3. The summed E-state index contributed by atoms with van der Waals surface area (Å²) in [6.45, 7) is 4.70. The van der Waals surface area contributed by atoms with E-state index in [-0.39, 0.29) is 23.9 Å². The lowest BCUT2D eigenvalue weighted by atomic mass is 9.84. The third-order valence-electron chi connectivity index (χ3n) is 7.97. The Morgan fingerprint density at radius 2 is 1.75 bits per heavy atom. The summed E-state index contributed by atoms with van der Waals surface area (Å²) in [5.74, 6) is 1.41. The summed E-state index contributed by atoms with van der Waals surface area (Å²) in [7, 11) is 0. The Balaban J connectivity index is 1.50. The Hall–Kier alpha value is -2.50. The van der Waals surface area contributed by atoms with Crippen molar-refractivity contribution in [1.29, 1.82) is 0 Å². The van der Waals surface area contributed by atoms with E-state index in [4.69, 9.17) is 4.42 Å². The molecule has 2 fully saturated rings. The van der Waals surface area contributed by atoms with Crippen LogP contribution in [0.1, 0.15) is 82.1 Å². The van der Waals surface area contributed by atoms with E-state index in [1.165, 1.54) is 6.42 Å². The van der Waals surface area contributed by atoms with E-state index in [1.807, 2.05) is 40.7 Å². The van der Waals surface area contributed by atoms with E-state index < -0.39 is 5.54 Å². The molecular weight excluding hydrogens is 402 g/mol. The lowest BCUT2D eigenvalue weighted by Gasteiger charge is -2.49. The van der Waals surface area contributed by atoms with Crippen LogP contribution in [0.4, 0.5) is 0 Å². The van der Waals surface area contributed by atoms with Gasteiger partial charge >= 0.3 is 0 Å². The largest absolute Gasteiger partial charge is 0.463 e. The lowest BCUT2D eigenvalue weighted by molar-refractivity contribution is -0.135. The number of carbonyl (C=O) groups excluding carboxylic acids is 2. The Labute approximate surface area is 190 Å². The predicted molar refractivity (Wildman–Crippen MR) is 123 cm³/mol. The molecule has 0 saturated heterocycles. The number of hydrogen-bond acceptors (Lipinski definition) is 3. The second kappa shape index (κ2) is 8.45. The maximum absolute atomic E-state index is 13.9. The smallest absolute Gasteiger partial charge is 0.271 e. The zero-order valence-corrected chi connectivity index (χ0v) is 19.3. The first-order valence-corrected chi connectivity index (χ1v) is 12.4. The van der Waals surface area contributed by atoms with Gasteiger partial charge in [-0.05, 0) is 75.6 Å². The Bertz CT molecular complexity index is 965. The van der Waals surface area contributed by atoms with Gasteiger partial charge in [-0.2, -0.15) is 0 Å². The topological polar surface area (TPSA) is 67.5 Å². The summed E-state index contributed by atoms with van der Waals surface area (Å²) in [4.78, 5) is 29.6. The molecule has 6 nitrogen and oxygen atoms in total. The number of nitrogens with one attached hydrogen (secondary N) is 1. The van der Waals surface area contributed by atoms with Crippen molar-refractivity contribution in [2.75, 3.05) is 0 Å². The molecule has 2 aliphatic carbocycles. The van der Waals surface area contributed by atoms with Crippen molar-refractivity contribution in [2.24, 2.45) is 5.92 Å². The molecule has 32 heavy (non-hydrogen) atoms. The minimum atomic E-state index is -0.921. The van der Waals surface area contributed by atoms with E-state index in [1.54, 1.807) is 6.26 Å². The average molecular weight is 438 g/mol. The number of carbonyl (C=O) groups is 2. The van der Waals surface area contributed by atoms with Crippen molar-refractivity contribution < 1.29 is 14.0 Å². The van der Waals surface area contributed by atoms with Crippen LogP contribution < -0.4 is 5.32 Å². The molecule has 6 heteroatoms. The molecule has 2 saturated carbocycles. The van der Waals surface area contributed by atoms with E-state index in [9.17, 15) is 9.59 Å². The summed E-state index contributed by atoms with van der Waals surface area (Å²) >= 11 is 0. The third-order valence-corrected chi connectivity index (χ3v) is 7.97. The van der Waals surface area contributed by atoms with Gasteiger partial charge in [-0.1, -0.05) is 26.2 Å². The van der Waals surface area contributed by atoms with Crippen LogP contribution in [0.15, 0.2) is 34.9 Å². The highest BCUT2D eigenvalue weighted by Gasteiger charge is 2.51. The van der Waals surface area contributed by atoms with Crippen LogP contribution in [0.25, 0.3) is 11.5 Å². The number of rotatable bonds is 4. The summed E-state index contributed by atoms with van der Waals surface area (Å²) in [6.07, 6.45) is 11.4. The highest BCUT2D eigenvalue weighted by atomic mass is 16.3. The van der Waals surface area contributed by atoms with Crippen LogP contribution in [0.5, 0.6) is 0 Å². The second-order valence-corrected chi connectivity index (χ2v) is 10.3. The number of fused-ring (bicyclic) bond motifs is 1. The van der Waals surface area contributed by atoms with Crippen molar-refractivity contribution in [2.45, 2.75) is 95.8 Å². The molecule has 0 spiro atoms. The third kappa shape index (κ3) is 3.67. The van der Waals surface area contributed by atoms with Gasteiger partial charge in [0.25, 0.3) is 5.91 Å². The fourth-order valence-corrected chi connectivity index (χ4v) is 6.03. The monoisotopic (exact) mass is 437 g/mol. The fraction of sp³-hybridized carbons (Fsp3) is 0.615. The molecule has 172 valence electrons. The molecular formula is C26H35N3O3. The van der Waals surface area contributed by atoms with Crippen LogP contribution in [0.3, 0.4) is 0 Å². The number of aromatic nitrogens is 1. The van der Waals surface area contributed by atoms with Crippen LogP contribution in [0, 0.1) is 5.92 Å². The van der Waals surface area contributed by atoms with E-state index in [0.717, 1.165) is 68.7 Å². The first-order valence-electron chi connectivity index (χ1n) is 12.4. The average Bonchev–Trinajstić information content (AvgIpc) is 3.46. The van der Waals surface area contributed by atoms with Crippen molar-refractivity contribution in [3.05, 3.63) is 36.2 Å². The fourth-order valence-electron chi connectivity index (χ4n) is 6.03. The van der Waals surface area contributed by atoms with Crippen LogP contribution in [-0.2, 0) is 11.3 Å². The van der Waals surface area contributed by atoms with Crippen molar-refractivity contribution in [3.63, 3.8) is 0 Å². The van der Waals surface area contributed by atoms with Crippen molar-refractivity contribution >= 4 is 11.8 Å². The van der Waals surface area contributed by atoms with Gasteiger partial charge in [-0.3, -0.25) is 9.59 Å². The van der Waals surface area contributed by atoms with Crippen LogP contribution in [0.2, 0.25) is 0 Å². The van der Waals surface area contributed by atoms with Gasteiger partial charge in [-0.15, -0.1) is 0 Å². The first kappa shape index (κ1) is 21.4. The second-order valence-electron chi connectivity index (χ2n) is 10.3. The summed E-state index contributed by atoms with van der Waals surface area (Å²) < 4.78 is 7.63. The van der Waals surface area contributed by atoms with Crippen molar-refractivity contribution in [3.8, 4) is 11.5 Å². The maximum atomic E-state index is 13.9. The summed E-state index contributed by atoms with van der Waals surface area (Å²) in [5.41, 5.74) is 0.584. The van der Waals surface area contributed by atoms with Crippen LogP contribution >= 0.6 is 0 Å². The molecule has 0 radical (unpaired) electrons.